The standard InChI is InChI=1S/C20H17N3O4/c1-25-16-6-5-13(9-18(16)26-2)23-19-10-15(24)17(27-19)8-12-11-22-20-14(12)4-3-7-21-20/h3-11,23-24H,1-2H3. The van der Waals surface area contributed by atoms with Crippen LogP contribution in [0.25, 0.3) is 11.6 Å². The second-order valence-corrected chi connectivity index (χ2v) is 5.79. The Morgan fingerprint density at radius 1 is 1.11 bits per heavy atom. The fourth-order valence-corrected chi connectivity index (χ4v) is 2.80. The van der Waals surface area contributed by atoms with Gasteiger partial charge in [-0.25, -0.2) is 9.98 Å². The number of aromatic hydroxyl groups is 1. The van der Waals surface area contributed by atoms with Crippen molar-refractivity contribution in [2.45, 2.75) is 0 Å². The van der Waals surface area contributed by atoms with Crippen molar-refractivity contribution in [3.05, 3.63) is 53.9 Å². The maximum atomic E-state index is 10.2. The molecule has 0 bridgehead atoms. The van der Waals surface area contributed by atoms with Crippen LogP contribution in [0.2, 0.25) is 0 Å². The van der Waals surface area contributed by atoms with Gasteiger partial charge in [0.15, 0.2) is 28.8 Å². The van der Waals surface area contributed by atoms with Crippen molar-refractivity contribution in [3.8, 4) is 17.2 Å². The first-order valence-corrected chi connectivity index (χ1v) is 8.21. The molecule has 0 spiro atoms. The van der Waals surface area contributed by atoms with Gasteiger partial charge in [0.1, 0.15) is 0 Å². The van der Waals surface area contributed by atoms with Crippen LogP contribution >= 0.6 is 0 Å². The third-order valence-electron chi connectivity index (χ3n) is 4.10. The Labute approximate surface area is 155 Å². The number of rotatable bonds is 5. The van der Waals surface area contributed by atoms with Crippen LogP contribution in [-0.4, -0.2) is 30.5 Å². The molecular weight excluding hydrogens is 346 g/mol. The number of aromatic nitrogens is 1. The normalized spacial score (nSPS) is 13.6. The van der Waals surface area contributed by atoms with Gasteiger partial charge in [0.25, 0.3) is 0 Å². The highest BCUT2D eigenvalue weighted by Crippen LogP contribution is 2.36. The molecule has 0 aliphatic carbocycles. The highest BCUT2D eigenvalue weighted by molar-refractivity contribution is 6.20. The molecular formula is C20H17N3O4. The fourth-order valence-electron chi connectivity index (χ4n) is 2.80. The predicted octanol–water partition coefficient (Wildman–Crippen LogP) is 4.40. The molecule has 0 atom stereocenters. The number of pyridine rings is 1. The van der Waals surface area contributed by atoms with Crippen molar-refractivity contribution in [3.63, 3.8) is 0 Å². The van der Waals surface area contributed by atoms with E-state index < -0.39 is 0 Å². The van der Waals surface area contributed by atoms with E-state index >= 15 is 0 Å². The van der Waals surface area contributed by atoms with Crippen molar-refractivity contribution in [2.24, 2.45) is 4.99 Å². The SMILES string of the molecule is COc1ccc(Nc2cc(O)c(C=C3C=Nc4ncccc43)o2)cc1OC. The maximum absolute atomic E-state index is 10.2. The summed E-state index contributed by atoms with van der Waals surface area (Å²) >= 11 is 0. The van der Waals surface area contributed by atoms with E-state index in [-0.39, 0.29) is 5.75 Å². The first-order chi connectivity index (χ1) is 13.2. The van der Waals surface area contributed by atoms with Gasteiger partial charge in [-0.1, -0.05) is 0 Å². The molecule has 0 fully saturated rings. The Balaban J connectivity index is 1.60. The quantitative estimate of drug-likeness (QED) is 0.698. The average Bonchev–Trinajstić information content (AvgIpc) is 3.25. The summed E-state index contributed by atoms with van der Waals surface area (Å²) in [6, 6.07) is 10.7. The van der Waals surface area contributed by atoms with E-state index in [9.17, 15) is 5.11 Å². The molecule has 1 aliphatic rings. The summed E-state index contributed by atoms with van der Waals surface area (Å²) in [6.07, 6.45) is 5.11. The fraction of sp³-hybridized carbons (Fsp3) is 0.100. The predicted molar refractivity (Wildman–Crippen MR) is 103 cm³/mol. The van der Waals surface area contributed by atoms with Crippen LogP contribution in [0.15, 0.2) is 52.0 Å². The number of ether oxygens (including phenoxy) is 2. The van der Waals surface area contributed by atoms with E-state index in [0.717, 1.165) is 16.8 Å². The van der Waals surface area contributed by atoms with Crippen LogP contribution in [-0.2, 0) is 0 Å². The van der Waals surface area contributed by atoms with Gasteiger partial charge in [-0.3, -0.25) is 0 Å². The number of aliphatic imine (C=N–C) groups is 1. The minimum Gasteiger partial charge on any atom is -0.504 e. The number of allylic oxidation sites excluding steroid dienone is 1. The van der Waals surface area contributed by atoms with Crippen LogP contribution in [0.3, 0.4) is 0 Å². The molecule has 2 N–H and O–H groups in total. The van der Waals surface area contributed by atoms with Crippen molar-refractivity contribution < 1.29 is 19.0 Å². The van der Waals surface area contributed by atoms with E-state index in [1.54, 1.807) is 44.8 Å². The molecule has 136 valence electrons. The topological polar surface area (TPSA) is 89.1 Å². The number of nitrogens with one attached hydrogen (secondary N) is 1. The first kappa shape index (κ1) is 16.7. The zero-order valence-electron chi connectivity index (χ0n) is 14.8. The largest absolute Gasteiger partial charge is 0.504 e. The second-order valence-electron chi connectivity index (χ2n) is 5.79. The number of nitrogens with zero attached hydrogens (tertiary/aromatic N) is 2. The lowest BCUT2D eigenvalue weighted by molar-refractivity contribution is 0.355. The van der Waals surface area contributed by atoms with E-state index in [1.165, 1.54) is 6.07 Å². The summed E-state index contributed by atoms with van der Waals surface area (Å²) in [7, 11) is 3.15. The molecule has 0 saturated heterocycles. The summed E-state index contributed by atoms with van der Waals surface area (Å²) in [5.74, 6) is 2.62. The average molecular weight is 363 g/mol. The monoisotopic (exact) mass is 363 g/mol. The molecule has 0 unspecified atom stereocenters. The third kappa shape index (κ3) is 3.22. The summed E-state index contributed by atoms with van der Waals surface area (Å²) < 4.78 is 16.3. The summed E-state index contributed by atoms with van der Waals surface area (Å²) in [4.78, 5) is 8.45. The molecule has 2 aromatic heterocycles. The summed E-state index contributed by atoms with van der Waals surface area (Å²) in [6.45, 7) is 0. The Hall–Kier alpha value is -3.74. The van der Waals surface area contributed by atoms with Crippen LogP contribution < -0.4 is 14.8 Å². The summed E-state index contributed by atoms with van der Waals surface area (Å²) in [5, 5.41) is 13.3. The van der Waals surface area contributed by atoms with E-state index in [1.807, 2.05) is 18.2 Å². The number of anilines is 2. The minimum absolute atomic E-state index is 0.0243. The van der Waals surface area contributed by atoms with Gasteiger partial charge in [0.2, 0.25) is 5.88 Å². The Morgan fingerprint density at radius 2 is 1.96 bits per heavy atom. The number of furan rings is 1. The molecule has 3 heterocycles. The molecule has 1 aliphatic heterocycles. The number of hydrogen-bond acceptors (Lipinski definition) is 7. The van der Waals surface area contributed by atoms with Gasteiger partial charge in [-0.2, -0.15) is 0 Å². The van der Waals surface area contributed by atoms with Gasteiger partial charge in [-0.05, 0) is 30.3 Å². The Morgan fingerprint density at radius 3 is 2.78 bits per heavy atom. The lowest BCUT2D eigenvalue weighted by Gasteiger charge is -2.09. The molecule has 3 aromatic rings. The number of benzene rings is 1. The minimum atomic E-state index is 0.0243. The molecule has 1 aromatic carbocycles. The van der Waals surface area contributed by atoms with E-state index in [4.69, 9.17) is 13.9 Å². The van der Waals surface area contributed by atoms with Crippen molar-refractivity contribution in [1.82, 2.24) is 4.98 Å². The number of fused-ring (bicyclic) bond motifs is 1. The molecule has 0 radical (unpaired) electrons. The van der Waals surface area contributed by atoms with Crippen LogP contribution in [0.5, 0.6) is 17.2 Å². The molecule has 27 heavy (non-hydrogen) atoms. The van der Waals surface area contributed by atoms with Gasteiger partial charge >= 0.3 is 0 Å². The van der Waals surface area contributed by atoms with E-state index in [2.05, 4.69) is 15.3 Å². The maximum Gasteiger partial charge on any atom is 0.201 e. The highest BCUT2D eigenvalue weighted by atomic mass is 16.5. The van der Waals surface area contributed by atoms with Crippen molar-refractivity contribution in [1.29, 1.82) is 0 Å². The Bertz CT molecular complexity index is 1050. The van der Waals surface area contributed by atoms with Gasteiger partial charge in [0, 0.05) is 41.4 Å². The lowest BCUT2D eigenvalue weighted by Crippen LogP contribution is -1.93. The van der Waals surface area contributed by atoms with Crippen LogP contribution in [0, 0.1) is 0 Å². The van der Waals surface area contributed by atoms with Crippen LogP contribution in [0.1, 0.15) is 11.3 Å². The number of methoxy groups -OCH3 is 2. The lowest BCUT2D eigenvalue weighted by atomic mass is 10.1. The Kier molecular flexibility index (Phi) is 4.25. The van der Waals surface area contributed by atoms with Crippen LogP contribution in [0.4, 0.5) is 17.4 Å². The van der Waals surface area contributed by atoms with Gasteiger partial charge < -0.3 is 24.3 Å². The third-order valence-corrected chi connectivity index (χ3v) is 4.10. The molecule has 4 rings (SSSR count). The van der Waals surface area contributed by atoms with Crippen molar-refractivity contribution in [2.75, 3.05) is 19.5 Å². The zero-order valence-corrected chi connectivity index (χ0v) is 14.8. The van der Waals surface area contributed by atoms with Crippen molar-refractivity contribution >= 4 is 35.3 Å². The molecule has 0 saturated carbocycles. The second kappa shape index (κ2) is 6.87. The zero-order chi connectivity index (χ0) is 18.8. The van der Waals surface area contributed by atoms with E-state index in [0.29, 0.717) is 29.0 Å². The highest BCUT2D eigenvalue weighted by Gasteiger charge is 2.16. The van der Waals surface area contributed by atoms with Gasteiger partial charge in [-0.15, -0.1) is 0 Å². The van der Waals surface area contributed by atoms with Gasteiger partial charge in [0.05, 0.1) is 14.2 Å². The smallest absolute Gasteiger partial charge is 0.201 e. The molecule has 7 nitrogen and oxygen atoms in total. The first-order valence-electron chi connectivity index (χ1n) is 8.21. The molecule has 0 amide bonds. The summed E-state index contributed by atoms with van der Waals surface area (Å²) in [5.41, 5.74) is 2.45. The molecule has 7 heteroatoms. The number of hydrogen-bond donors (Lipinski definition) is 2.